The molecule has 0 saturated carbocycles. The highest BCUT2D eigenvalue weighted by Crippen LogP contribution is 2.15. The van der Waals surface area contributed by atoms with Crippen molar-refractivity contribution in [3.05, 3.63) is 0 Å². The Morgan fingerprint density at radius 2 is 2.07 bits per heavy atom. The van der Waals surface area contributed by atoms with Crippen LogP contribution in [0.15, 0.2) is 0 Å². The van der Waals surface area contributed by atoms with Crippen LogP contribution in [0.25, 0.3) is 0 Å². The minimum atomic E-state index is -2.92. The predicted molar refractivity (Wildman–Crippen MR) is 62.8 cm³/mol. The van der Waals surface area contributed by atoms with Gasteiger partial charge in [0.05, 0.1) is 16.3 Å². The minimum absolute atomic E-state index is 0.0799. The topological polar surface area (TPSA) is 63.2 Å². The van der Waals surface area contributed by atoms with Crippen molar-refractivity contribution in [3.8, 4) is 0 Å². The summed E-state index contributed by atoms with van der Waals surface area (Å²) in [7, 11) is -2.92. The molecule has 1 aliphatic rings. The van der Waals surface area contributed by atoms with Crippen LogP contribution in [0.3, 0.4) is 0 Å². The Kier molecular flexibility index (Phi) is 4.17. The van der Waals surface area contributed by atoms with Crippen molar-refractivity contribution in [1.82, 2.24) is 5.32 Å². The fraction of sp³-hybridized carbons (Fsp3) is 0.889. The van der Waals surface area contributed by atoms with Crippen LogP contribution in [-0.4, -0.2) is 36.7 Å². The van der Waals surface area contributed by atoms with Crippen LogP contribution >= 0.6 is 15.9 Å². The quantitative estimate of drug-likeness (QED) is 0.781. The molecule has 0 aromatic rings. The molecular formula is C9H16BrNO3S. The minimum Gasteiger partial charge on any atom is -0.351 e. The van der Waals surface area contributed by atoms with Crippen molar-refractivity contribution in [2.45, 2.75) is 31.1 Å². The molecule has 0 bridgehead atoms. The summed E-state index contributed by atoms with van der Waals surface area (Å²) in [4.78, 5) is 11.3. The number of halogens is 1. The van der Waals surface area contributed by atoms with Crippen molar-refractivity contribution in [3.63, 3.8) is 0 Å². The molecule has 1 aliphatic heterocycles. The van der Waals surface area contributed by atoms with Gasteiger partial charge in [-0.2, -0.15) is 0 Å². The molecule has 1 N–H and O–H groups in total. The zero-order valence-corrected chi connectivity index (χ0v) is 11.3. The second-order valence-corrected chi connectivity index (χ2v) is 7.47. The lowest BCUT2D eigenvalue weighted by Gasteiger charge is -2.16. The maximum atomic E-state index is 11.6. The van der Waals surface area contributed by atoms with Gasteiger partial charge in [0, 0.05) is 6.04 Å². The molecule has 15 heavy (non-hydrogen) atoms. The summed E-state index contributed by atoms with van der Waals surface area (Å²) >= 11 is 3.28. The van der Waals surface area contributed by atoms with E-state index in [1.165, 1.54) is 0 Å². The summed E-state index contributed by atoms with van der Waals surface area (Å²) in [5.74, 6) is 0.346. The van der Waals surface area contributed by atoms with Crippen molar-refractivity contribution < 1.29 is 13.2 Å². The molecule has 88 valence electrons. The van der Waals surface area contributed by atoms with E-state index in [4.69, 9.17) is 0 Å². The van der Waals surface area contributed by atoms with Gasteiger partial charge in [0.1, 0.15) is 0 Å². The van der Waals surface area contributed by atoms with Gasteiger partial charge in [-0.3, -0.25) is 4.79 Å². The van der Waals surface area contributed by atoms with Crippen LogP contribution in [0.4, 0.5) is 0 Å². The van der Waals surface area contributed by atoms with E-state index in [0.717, 1.165) is 0 Å². The highest BCUT2D eigenvalue weighted by atomic mass is 79.9. The number of carbonyl (C=O) groups is 1. The lowest BCUT2D eigenvalue weighted by molar-refractivity contribution is -0.121. The second kappa shape index (κ2) is 4.82. The molecule has 1 amide bonds. The number of carbonyl (C=O) groups excluding carboxylic acids is 1. The lowest BCUT2D eigenvalue weighted by atomic mass is 10.1. The number of hydrogen-bond donors (Lipinski definition) is 1. The average molecular weight is 298 g/mol. The van der Waals surface area contributed by atoms with E-state index < -0.39 is 9.84 Å². The molecule has 6 heteroatoms. The van der Waals surface area contributed by atoms with E-state index >= 15 is 0 Å². The Balaban J connectivity index is 2.47. The van der Waals surface area contributed by atoms with Crippen LogP contribution in [0.5, 0.6) is 0 Å². The normalized spacial score (nSPS) is 26.5. The first kappa shape index (κ1) is 13.0. The van der Waals surface area contributed by atoms with E-state index in [-0.39, 0.29) is 34.2 Å². The largest absolute Gasteiger partial charge is 0.351 e. The average Bonchev–Trinajstić information content (AvgIpc) is 2.43. The Morgan fingerprint density at radius 3 is 2.47 bits per heavy atom. The van der Waals surface area contributed by atoms with E-state index in [0.29, 0.717) is 6.42 Å². The molecule has 0 spiro atoms. The van der Waals surface area contributed by atoms with Crippen molar-refractivity contribution in [2.75, 3.05) is 11.5 Å². The molecule has 0 aromatic heterocycles. The van der Waals surface area contributed by atoms with Crippen LogP contribution in [0, 0.1) is 5.92 Å². The first-order valence-corrected chi connectivity index (χ1v) is 7.70. The van der Waals surface area contributed by atoms with Crippen LogP contribution in [-0.2, 0) is 14.6 Å². The maximum Gasteiger partial charge on any atom is 0.234 e. The Hall–Kier alpha value is -0.100. The fourth-order valence-corrected chi connectivity index (χ4v) is 3.30. The molecule has 1 saturated heterocycles. The highest BCUT2D eigenvalue weighted by Gasteiger charge is 2.30. The second-order valence-electron chi connectivity index (χ2n) is 4.25. The zero-order valence-electron chi connectivity index (χ0n) is 8.86. The number of nitrogens with one attached hydrogen (secondary N) is 1. The molecular weight excluding hydrogens is 282 g/mol. The molecule has 0 unspecified atom stereocenters. The predicted octanol–water partition coefficient (Wildman–Crippen LogP) is 0.709. The lowest BCUT2D eigenvalue weighted by Crippen LogP contribution is -2.41. The number of amides is 1. The third kappa shape index (κ3) is 3.75. The van der Waals surface area contributed by atoms with Gasteiger partial charge in [0.25, 0.3) is 0 Å². The van der Waals surface area contributed by atoms with E-state index in [9.17, 15) is 13.2 Å². The monoisotopic (exact) mass is 297 g/mol. The standard InChI is InChI=1S/C9H16BrNO3S/c1-6(2)8(10)9(12)11-7-3-4-15(13,14)5-7/h6-8H,3-5H2,1-2H3,(H,11,12)/t7-,8+/m1/s1. The third-order valence-corrected chi connectivity index (χ3v) is 5.66. The summed E-state index contributed by atoms with van der Waals surface area (Å²) in [5, 5.41) is 2.75. The molecule has 2 atom stereocenters. The summed E-state index contributed by atoms with van der Waals surface area (Å²) in [6, 6.07) is -0.207. The first-order chi connectivity index (χ1) is 6.82. The van der Waals surface area contributed by atoms with Crippen molar-refractivity contribution >= 4 is 31.7 Å². The molecule has 4 nitrogen and oxygen atoms in total. The van der Waals surface area contributed by atoms with Gasteiger partial charge in [0.2, 0.25) is 5.91 Å². The Morgan fingerprint density at radius 1 is 1.47 bits per heavy atom. The van der Waals surface area contributed by atoms with Gasteiger partial charge >= 0.3 is 0 Å². The van der Waals surface area contributed by atoms with Gasteiger partial charge < -0.3 is 5.32 Å². The van der Waals surface area contributed by atoms with E-state index in [2.05, 4.69) is 21.2 Å². The summed E-state index contributed by atoms with van der Waals surface area (Å²) in [5.41, 5.74) is 0. The fourth-order valence-electron chi connectivity index (χ4n) is 1.49. The van der Waals surface area contributed by atoms with Gasteiger partial charge in [0.15, 0.2) is 9.84 Å². The number of sulfone groups is 1. The summed E-state index contributed by atoms with van der Waals surface area (Å²) in [6.45, 7) is 3.87. The molecule has 0 aliphatic carbocycles. The molecule has 0 radical (unpaired) electrons. The van der Waals surface area contributed by atoms with E-state index in [1.807, 2.05) is 13.8 Å². The molecule has 1 heterocycles. The summed E-state index contributed by atoms with van der Waals surface area (Å²) in [6.07, 6.45) is 0.534. The van der Waals surface area contributed by atoms with Crippen molar-refractivity contribution in [2.24, 2.45) is 5.92 Å². The van der Waals surface area contributed by atoms with Gasteiger partial charge in [-0.05, 0) is 12.3 Å². The first-order valence-electron chi connectivity index (χ1n) is 4.96. The van der Waals surface area contributed by atoms with Crippen molar-refractivity contribution in [1.29, 1.82) is 0 Å². The van der Waals surface area contributed by atoms with Gasteiger partial charge in [-0.1, -0.05) is 29.8 Å². The maximum absolute atomic E-state index is 11.6. The van der Waals surface area contributed by atoms with Crippen LogP contribution in [0.1, 0.15) is 20.3 Å². The Bertz CT molecular complexity index is 339. The molecule has 1 rings (SSSR count). The van der Waals surface area contributed by atoms with E-state index in [1.54, 1.807) is 0 Å². The highest BCUT2D eigenvalue weighted by molar-refractivity contribution is 9.10. The van der Waals surface area contributed by atoms with Crippen LogP contribution < -0.4 is 5.32 Å². The molecule has 1 fully saturated rings. The zero-order chi connectivity index (χ0) is 11.6. The number of rotatable bonds is 3. The number of hydrogen-bond acceptors (Lipinski definition) is 3. The SMILES string of the molecule is CC(C)[C@H](Br)C(=O)N[C@@H]1CCS(=O)(=O)C1. The van der Waals surface area contributed by atoms with Gasteiger partial charge in [-0.25, -0.2) is 8.42 Å². The molecule has 0 aromatic carbocycles. The third-order valence-electron chi connectivity index (χ3n) is 2.41. The number of alkyl halides is 1. The van der Waals surface area contributed by atoms with Gasteiger partial charge in [-0.15, -0.1) is 0 Å². The smallest absolute Gasteiger partial charge is 0.234 e. The Labute approximate surface area is 98.9 Å². The van der Waals surface area contributed by atoms with Crippen LogP contribution in [0.2, 0.25) is 0 Å². The summed E-state index contributed by atoms with van der Waals surface area (Å²) < 4.78 is 22.3.